The van der Waals surface area contributed by atoms with Crippen LogP contribution in [0.4, 0.5) is 0 Å². The first-order chi connectivity index (χ1) is 6.46. The lowest BCUT2D eigenvalue weighted by Crippen LogP contribution is -2.13. The van der Waals surface area contributed by atoms with E-state index in [0.29, 0.717) is 11.4 Å². The molecule has 0 fully saturated rings. The Hall–Kier alpha value is 0.01000. The number of alkyl halides is 3. The van der Waals surface area contributed by atoms with Crippen LogP contribution in [0.25, 0.3) is 0 Å². The molecule has 80 valence electrons. The first-order valence-corrected chi connectivity index (χ1v) is 5.57. The summed E-state index contributed by atoms with van der Waals surface area (Å²) in [4.78, 5) is 0. The largest absolute Gasteiger partial charge is 0.245 e. The second-order valence-corrected chi connectivity index (χ2v) is 5.38. The van der Waals surface area contributed by atoms with Gasteiger partial charge >= 0.3 is 0 Å². The van der Waals surface area contributed by atoms with Crippen LogP contribution in [0.2, 0.25) is 0 Å². The zero-order valence-electron chi connectivity index (χ0n) is 8.10. The molecule has 14 heavy (non-hydrogen) atoms. The molecule has 0 radical (unpaired) electrons. The van der Waals surface area contributed by atoms with E-state index in [-0.39, 0.29) is 0 Å². The summed E-state index contributed by atoms with van der Waals surface area (Å²) in [6.45, 7) is 4.62. The second kappa shape index (κ2) is 4.69. The lowest BCUT2D eigenvalue weighted by molar-refractivity contribution is 0.535. The van der Waals surface area contributed by atoms with Gasteiger partial charge in [0, 0.05) is 6.54 Å². The maximum atomic E-state index is 5.82. The monoisotopic (exact) mass is 255 g/mol. The van der Waals surface area contributed by atoms with Gasteiger partial charge in [0.05, 0.1) is 5.69 Å². The van der Waals surface area contributed by atoms with Crippen LogP contribution in [0.15, 0.2) is 0 Å². The van der Waals surface area contributed by atoms with Crippen LogP contribution in [0.5, 0.6) is 0 Å². The summed E-state index contributed by atoms with van der Waals surface area (Å²) >= 11 is 17.5. The molecular weight excluding hydrogens is 244 g/mol. The molecule has 0 aromatic carbocycles. The summed E-state index contributed by atoms with van der Waals surface area (Å²) in [7, 11) is 0. The van der Waals surface area contributed by atoms with Gasteiger partial charge in [-0.3, -0.25) is 0 Å². The first kappa shape index (κ1) is 12.1. The quantitative estimate of drug-likeness (QED) is 0.778. The third kappa shape index (κ3) is 2.75. The Bertz CT molecular complexity index is 303. The van der Waals surface area contributed by atoms with Gasteiger partial charge < -0.3 is 0 Å². The number of unbranched alkanes of at least 4 members (excludes halogenated alkanes) is 1. The Morgan fingerprint density at radius 1 is 1.36 bits per heavy atom. The van der Waals surface area contributed by atoms with E-state index in [2.05, 4.69) is 17.2 Å². The zero-order valence-corrected chi connectivity index (χ0v) is 10.4. The third-order valence-corrected chi connectivity index (χ3v) is 2.43. The van der Waals surface area contributed by atoms with Crippen molar-refractivity contribution in [3.8, 4) is 0 Å². The molecule has 0 aliphatic rings. The average Bonchev–Trinajstić information content (AvgIpc) is 2.42. The SMILES string of the molecule is CCCCn1nnc(C)c1C(Cl)(Cl)Cl. The molecule has 0 spiro atoms. The molecule has 0 bridgehead atoms. The standard InChI is InChI=1S/C8H12Cl3N3/c1-3-4-5-14-7(8(9,10)11)6(2)12-13-14/h3-5H2,1-2H3. The van der Waals surface area contributed by atoms with Crippen LogP contribution in [0.1, 0.15) is 31.2 Å². The summed E-state index contributed by atoms with van der Waals surface area (Å²) in [5, 5.41) is 7.83. The van der Waals surface area contributed by atoms with Crippen LogP contribution in [-0.4, -0.2) is 15.0 Å². The minimum atomic E-state index is -1.44. The Balaban J connectivity index is 2.95. The van der Waals surface area contributed by atoms with E-state index in [4.69, 9.17) is 34.8 Å². The van der Waals surface area contributed by atoms with Crippen LogP contribution in [-0.2, 0) is 10.3 Å². The maximum Gasteiger partial charge on any atom is 0.234 e. The molecule has 0 aliphatic heterocycles. The molecule has 0 aliphatic carbocycles. The van der Waals surface area contributed by atoms with Gasteiger partial charge in [0.25, 0.3) is 0 Å². The average molecular weight is 257 g/mol. The summed E-state index contributed by atoms with van der Waals surface area (Å²) in [6.07, 6.45) is 2.06. The smallest absolute Gasteiger partial charge is 0.234 e. The van der Waals surface area contributed by atoms with Gasteiger partial charge in [-0.05, 0) is 13.3 Å². The molecule has 1 aromatic heterocycles. The topological polar surface area (TPSA) is 30.7 Å². The molecular formula is C8H12Cl3N3. The number of rotatable bonds is 3. The predicted octanol–water partition coefficient (Wildman–Crippen LogP) is 3.21. The summed E-state index contributed by atoms with van der Waals surface area (Å²) in [5.74, 6) is 0. The molecule has 0 atom stereocenters. The van der Waals surface area contributed by atoms with E-state index in [1.807, 2.05) is 0 Å². The van der Waals surface area contributed by atoms with E-state index in [9.17, 15) is 0 Å². The molecule has 0 amide bonds. The van der Waals surface area contributed by atoms with Crippen LogP contribution in [0.3, 0.4) is 0 Å². The number of hydrogen-bond acceptors (Lipinski definition) is 2. The zero-order chi connectivity index (χ0) is 10.8. The van der Waals surface area contributed by atoms with Crippen molar-refractivity contribution in [1.82, 2.24) is 15.0 Å². The van der Waals surface area contributed by atoms with Crippen molar-refractivity contribution in [2.24, 2.45) is 0 Å². The molecule has 1 rings (SSSR count). The lowest BCUT2D eigenvalue weighted by Gasteiger charge is -2.13. The van der Waals surface area contributed by atoms with Gasteiger partial charge in [0.2, 0.25) is 3.79 Å². The second-order valence-electron chi connectivity index (χ2n) is 3.10. The predicted molar refractivity (Wildman–Crippen MR) is 58.9 cm³/mol. The fourth-order valence-corrected chi connectivity index (χ4v) is 1.92. The van der Waals surface area contributed by atoms with Gasteiger partial charge in [0.15, 0.2) is 0 Å². The van der Waals surface area contributed by atoms with E-state index in [0.717, 1.165) is 19.4 Å². The summed E-state index contributed by atoms with van der Waals surface area (Å²) in [6, 6.07) is 0. The van der Waals surface area contributed by atoms with Gasteiger partial charge in [-0.1, -0.05) is 53.4 Å². The number of aryl methyl sites for hydroxylation is 2. The highest BCUT2D eigenvalue weighted by atomic mass is 35.6. The van der Waals surface area contributed by atoms with Crippen molar-refractivity contribution in [3.05, 3.63) is 11.4 Å². The molecule has 0 unspecified atom stereocenters. The van der Waals surface area contributed by atoms with E-state index >= 15 is 0 Å². The Morgan fingerprint density at radius 2 is 2.00 bits per heavy atom. The molecule has 6 heteroatoms. The van der Waals surface area contributed by atoms with E-state index < -0.39 is 3.79 Å². The first-order valence-electron chi connectivity index (χ1n) is 4.44. The minimum absolute atomic E-state index is 0.566. The van der Waals surface area contributed by atoms with Gasteiger partial charge in [-0.2, -0.15) is 0 Å². The maximum absolute atomic E-state index is 5.82. The highest BCUT2D eigenvalue weighted by molar-refractivity contribution is 6.66. The highest BCUT2D eigenvalue weighted by Gasteiger charge is 2.30. The van der Waals surface area contributed by atoms with Crippen molar-refractivity contribution in [2.45, 2.75) is 37.0 Å². The highest BCUT2D eigenvalue weighted by Crippen LogP contribution is 2.39. The Kier molecular flexibility index (Phi) is 4.04. The molecule has 3 nitrogen and oxygen atoms in total. The van der Waals surface area contributed by atoms with Crippen LogP contribution in [0, 0.1) is 6.92 Å². The fourth-order valence-electron chi connectivity index (χ4n) is 1.22. The van der Waals surface area contributed by atoms with Crippen molar-refractivity contribution in [1.29, 1.82) is 0 Å². The van der Waals surface area contributed by atoms with Gasteiger partial charge in [0.1, 0.15) is 5.69 Å². The Morgan fingerprint density at radius 3 is 2.50 bits per heavy atom. The molecule has 0 N–H and O–H groups in total. The van der Waals surface area contributed by atoms with Crippen molar-refractivity contribution < 1.29 is 0 Å². The molecule has 1 aromatic rings. The van der Waals surface area contributed by atoms with Gasteiger partial charge in [-0.25, -0.2) is 4.68 Å². The number of nitrogens with zero attached hydrogens (tertiary/aromatic N) is 3. The lowest BCUT2D eigenvalue weighted by atomic mass is 10.3. The normalized spacial score (nSPS) is 12.1. The van der Waals surface area contributed by atoms with Crippen LogP contribution < -0.4 is 0 Å². The van der Waals surface area contributed by atoms with Crippen LogP contribution >= 0.6 is 34.8 Å². The summed E-state index contributed by atoms with van der Waals surface area (Å²) in [5.41, 5.74) is 1.23. The number of hydrogen-bond donors (Lipinski definition) is 0. The minimum Gasteiger partial charge on any atom is -0.245 e. The number of aromatic nitrogens is 3. The molecule has 0 saturated carbocycles. The third-order valence-electron chi connectivity index (χ3n) is 1.90. The van der Waals surface area contributed by atoms with E-state index in [1.54, 1.807) is 11.6 Å². The van der Waals surface area contributed by atoms with Gasteiger partial charge in [-0.15, -0.1) is 5.10 Å². The molecule has 1 heterocycles. The van der Waals surface area contributed by atoms with Crippen molar-refractivity contribution in [2.75, 3.05) is 0 Å². The Labute approximate surface area is 98.3 Å². The number of halogens is 3. The van der Waals surface area contributed by atoms with Crippen molar-refractivity contribution in [3.63, 3.8) is 0 Å². The summed E-state index contributed by atoms with van der Waals surface area (Å²) < 4.78 is 0.215. The molecule has 0 saturated heterocycles. The fraction of sp³-hybridized carbons (Fsp3) is 0.750. The van der Waals surface area contributed by atoms with E-state index in [1.165, 1.54) is 0 Å². The van der Waals surface area contributed by atoms with Crippen molar-refractivity contribution >= 4 is 34.8 Å².